The van der Waals surface area contributed by atoms with Gasteiger partial charge < -0.3 is 20.0 Å². The Hall–Kier alpha value is -1.76. The molecule has 1 aliphatic heterocycles. The molecule has 1 aromatic carbocycles. The zero-order valence-electron chi connectivity index (χ0n) is 12.5. The minimum absolute atomic E-state index is 0. The van der Waals surface area contributed by atoms with Crippen LogP contribution < -0.4 is 15.5 Å². The number of anilines is 2. The summed E-state index contributed by atoms with van der Waals surface area (Å²) in [6.45, 7) is 1.43. The van der Waals surface area contributed by atoms with Crippen LogP contribution in [0, 0.1) is 5.82 Å². The monoisotopic (exact) mass is 361 g/mol. The van der Waals surface area contributed by atoms with Gasteiger partial charge in [0, 0.05) is 20.1 Å². The Balaban J connectivity index is 0.00000132. The molecule has 2 heterocycles. The quantitative estimate of drug-likeness (QED) is 0.893. The lowest BCUT2D eigenvalue weighted by molar-refractivity contribution is 0.0986. The minimum atomic E-state index is -0.316. The highest BCUT2D eigenvalue weighted by molar-refractivity contribution is 6.08. The molecule has 1 aliphatic rings. The van der Waals surface area contributed by atoms with E-state index in [9.17, 15) is 9.18 Å². The molecule has 0 radical (unpaired) electrons. The van der Waals surface area contributed by atoms with Gasteiger partial charge in [-0.2, -0.15) is 0 Å². The Bertz CT molecular complexity index is 693. The van der Waals surface area contributed by atoms with Crippen molar-refractivity contribution >= 4 is 42.1 Å². The third-order valence-corrected chi connectivity index (χ3v) is 3.65. The molecule has 8 heteroatoms. The molecule has 0 saturated heterocycles. The van der Waals surface area contributed by atoms with Crippen molar-refractivity contribution in [2.24, 2.45) is 5.73 Å². The molecular weight excluding hydrogens is 344 g/mol. The number of nitrogens with two attached hydrogens (primary N) is 1. The van der Waals surface area contributed by atoms with E-state index in [2.05, 4.69) is 0 Å². The number of carbonyl (C=O) groups excluding carboxylic acids is 1. The maximum absolute atomic E-state index is 13.4. The minimum Gasteiger partial charge on any atom is -0.467 e. The van der Waals surface area contributed by atoms with Gasteiger partial charge in [-0.3, -0.25) is 4.79 Å². The predicted molar refractivity (Wildman–Crippen MR) is 92.4 cm³/mol. The van der Waals surface area contributed by atoms with Crippen molar-refractivity contribution in [3.05, 3.63) is 47.7 Å². The van der Waals surface area contributed by atoms with Gasteiger partial charge in [0.25, 0.3) is 5.91 Å². The van der Waals surface area contributed by atoms with E-state index >= 15 is 0 Å². The van der Waals surface area contributed by atoms with Crippen molar-refractivity contribution in [3.63, 3.8) is 0 Å². The molecule has 0 fully saturated rings. The number of benzene rings is 1. The first-order valence-electron chi connectivity index (χ1n) is 6.70. The van der Waals surface area contributed by atoms with Gasteiger partial charge in [0.15, 0.2) is 0 Å². The molecule has 1 amide bonds. The molecule has 2 aromatic rings. The largest absolute Gasteiger partial charge is 0.467 e. The molecule has 0 saturated carbocycles. The van der Waals surface area contributed by atoms with E-state index in [1.165, 1.54) is 18.4 Å². The first kappa shape index (κ1) is 19.3. The predicted octanol–water partition coefficient (Wildman–Crippen LogP) is 2.82. The molecule has 0 bridgehead atoms. The molecule has 0 spiro atoms. The van der Waals surface area contributed by atoms with Gasteiger partial charge in [0.05, 0.1) is 23.5 Å². The number of fused-ring (bicyclic) bond motifs is 1. The van der Waals surface area contributed by atoms with Crippen LogP contribution in [0.15, 0.2) is 34.9 Å². The third-order valence-electron chi connectivity index (χ3n) is 3.65. The first-order chi connectivity index (χ1) is 10.1. The number of furan rings is 1. The van der Waals surface area contributed by atoms with Gasteiger partial charge in [-0.05, 0) is 24.3 Å². The lowest BCUT2D eigenvalue weighted by Crippen LogP contribution is -2.42. The Labute approximate surface area is 146 Å². The Morgan fingerprint density at radius 3 is 2.65 bits per heavy atom. The van der Waals surface area contributed by atoms with E-state index < -0.39 is 0 Å². The molecule has 5 nitrogen and oxygen atoms in total. The molecule has 0 aliphatic carbocycles. The second-order valence-corrected chi connectivity index (χ2v) is 5.02. The van der Waals surface area contributed by atoms with E-state index in [1.54, 1.807) is 17.0 Å². The fraction of sp³-hybridized carbons (Fsp3) is 0.267. The summed E-state index contributed by atoms with van der Waals surface area (Å²) in [5, 5.41) is 0. The van der Waals surface area contributed by atoms with Crippen LogP contribution in [-0.2, 0) is 6.54 Å². The van der Waals surface area contributed by atoms with Crippen LogP contribution >= 0.6 is 24.8 Å². The lowest BCUT2D eigenvalue weighted by Gasteiger charge is -2.35. The van der Waals surface area contributed by atoms with Crippen LogP contribution in [0.25, 0.3) is 0 Å². The third kappa shape index (κ3) is 3.60. The van der Waals surface area contributed by atoms with Gasteiger partial charge in [0.2, 0.25) is 0 Å². The summed E-state index contributed by atoms with van der Waals surface area (Å²) in [5.41, 5.74) is 7.35. The van der Waals surface area contributed by atoms with Crippen molar-refractivity contribution < 1.29 is 13.6 Å². The smallest absolute Gasteiger partial charge is 0.261 e. The van der Waals surface area contributed by atoms with Crippen molar-refractivity contribution in [1.29, 1.82) is 0 Å². The van der Waals surface area contributed by atoms with E-state index in [1.807, 2.05) is 11.9 Å². The van der Waals surface area contributed by atoms with E-state index in [0.717, 1.165) is 0 Å². The highest BCUT2D eigenvalue weighted by Gasteiger charge is 2.27. The molecule has 0 unspecified atom stereocenters. The number of hydrogen-bond donors (Lipinski definition) is 1. The Morgan fingerprint density at radius 1 is 1.26 bits per heavy atom. The average Bonchev–Trinajstić information content (AvgIpc) is 2.96. The summed E-state index contributed by atoms with van der Waals surface area (Å²) >= 11 is 0. The summed E-state index contributed by atoms with van der Waals surface area (Å²) in [4.78, 5) is 16.2. The van der Waals surface area contributed by atoms with Gasteiger partial charge in [-0.15, -0.1) is 24.8 Å². The lowest BCUT2D eigenvalue weighted by atomic mass is 10.1. The van der Waals surface area contributed by atoms with Gasteiger partial charge in [0.1, 0.15) is 17.8 Å². The van der Waals surface area contributed by atoms with Crippen molar-refractivity contribution in [3.8, 4) is 0 Å². The zero-order chi connectivity index (χ0) is 15.0. The first-order valence-corrected chi connectivity index (χ1v) is 6.70. The summed E-state index contributed by atoms with van der Waals surface area (Å²) in [6, 6.07) is 6.07. The number of carbonyl (C=O) groups is 1. The number of likely N-dealkylation sites (N-methyl/N-ethyl adjacent to an activating group) is 1. The summed E-state index contributed by atoms with van der Waals surface area (Å²) < 4.78 is 18.6. The van der Waals surface area contributed by atoms with Gasteiger partial charge >= 0.3 is 0 Å². The Morgan fingerprint density at radius 2 is 2.00 bits per heavy atom. The fourth-order valence-corrected chi connectivity index (χ4v) is 2.49. The van der Waals surface area contributed by atoms with Crippen LogP contribution in [0.3, 0.4) is 0 Å². The van der Waals surface area contributed by atoms with Crippen LogP contribution in [0.1, 0.15) is 16.1 Å². The van der Waals surface area contributed by atoms with E-state index in [4.69, 9.17) is 10.2 Å². The number of rotatable bonds is 2. The second-order valence-electron chi connectivity index (χ2n) is 5.02. The number of nitrogens with zero attached hydrogens (tertiary/aromatic N) is 2. The Kier molecular flexibility index (Phi) is 6.44. The summed E-state index contributed by atoms with van der Waals surface area (Å²) in [6.07, 6.45) is 1.41. The van der Waals surface area contributed by atoms with Crippen LogP contribution in [0.4, 0.5) is 15.8 Å². The average molecular weight is 362 g/mol. The molecule has 126 valence electrons. The van der Waals surface area contributed by atoms with Crippen LogP contribution in [0.2, 0.25) is 0 Å². The molecular formula is C15H18Cl2FN3O2. The normalized spacial score (nSPS) is 13.0. The molecule has 23 heavy (non-hydrogen) atoms. The van der Waals surface area contributed by atoms with Crippen LogP contribution in [0.5, 0.6) is 0 Å². The second kappa shape index (κ2) is 7.68. The molecule has 0 atom stereocenters. The maximum Gasteiger partial charge on any atom is 0.261 e. The van der Waals surface area contributed by atoms with Crippen molar-refractivity contribution in [2.75, 3.05) is 29.9 Å². The highest BCUT2D eigenvalue weighted by atomic mass is 35.5. The van der Waals surface area contributed by atoms with Crippen molar-refractivity contribution in [1.82, 2.24) is 0 Å². The van der Waals surface area contributed by atoms with Crippen molar-refractivity contribution in [2.45, 2.75) is 6.54 Å². The van der Waals surface area contributed by atoms with E-state index in [0.29, 0.717) is 35.8 Å². The van der Waals surface area contributed by atoms with Crippen LogP contribution in [-0.4, -0.2) is 26.0 Å². The maximum atomic E-state index is 13.4. The van der Waals surface area contributed by atoms with Gasteiger partial charge in [-0.25, -0.2) is 4.39 Å². The molecule has 3 rings (SSSR count). The highest BCUT2D eigenvalue weighted by Crippen LogP contribution is 2.33. The standard InChI is InChI=1S/C15H16FN3O2.2ClH/c1-18-4-5-19(13-3-2-11(16)7-14(13)18)15(20)10-6-12(8-17)21-9-10;;/h2-3,6-7,9H,4-5,8,17H2,1H3;2*1H. The SMILES string of the molecule is CN1CCN(C(=O)c2coc(CN)c2)c2ccc(F)cc21.Cl.Cl. The number of hydrogen-bond acceptors (Lipinski definition) is 4. The zero-order valence-corrected chi connectivity index (χ0v) is 14.1. The molecule has 2 N–H and O–H groups in total. The summed E-state index contributed by atoms with van der Waals surface area (Å²) in [7, 11) is 1.88. The van der Waals surface area contributed by atoms with Gasteiger partial charge in [-0.1, -0.05) is 0 Å². The fourth-order valence-electron chi connectivity index (χ4n) is 2.49. The molecule has 1 aromatic heterocycles. The number of amides is 1. The van der Waals surface area contributed by atoms with E-state index in [-0.39, 0.29) is 43.1 Å². The number of halogens is 3. The topological polar surface area (TPSA) is 62.7 Å². The summed E-state index contributed by atoms with van der Waals surface area (Å²) in [5.74, 6) is 0.0786.